The van der Waals surface area contributed by atoms with Gasteiger partial charge in [0, 0.05) is 12.1 Å². The van der Waals surface area contributed by atoms with Crippen molar-refractivity contribution in [3.05, 3.63) is 41.7 Å². The van der Waals surface area contributed by atoms with E-state index in [0.717, 1.165) is 44.9 Å². The second kappa shape index (κ2) is 14.1. The predicted molar refractivity (Wildman–Crippen MR) is 143 cm³/mol. The van der Waals surface area contributed by atoms with Gasteiger partial charge in [0.15, 0.2) is 17.5 Å². The van der Waals surface area contributed by atoms with Crippen LogP contribution in [0.3, 0.4) is 0 Å². The van der Waals surface area contributed by atoms with E-state index in [2.05, 4.69) is 23.8 Å². The molecule has 0 aliphatic heterocycles. The lowest BCUT2D eigenvalue weighted by atomic mass is 9.79. The highest BCUT2D eigenvalue weighted by Crippen LogP contribution is 2.44. The van der Waals surface area contributed by atoms with Gasteiger partial charge in [-0.1, -0.05) is 38.3 Å². The van der Waals surface area contributed by atoms with Gasteiger partial charge in [-0.2, -0.15) is 17.6 Å². The third kappa shape index (κ3) is 8.87. The van der Waals surface area contributed by atoms with Crippen LogP contribution >= 0.6 is 0 Å². The average Bonchev–Trinajstić information content (AvgIpc) is 2.94. The fourth-order valence-corrected chi connectivity index (χ4v) is 6.79. The smallest absolute Gasteiger partial charge is 0.400 e. The van der Waals surface area contributed by atoms with Crippen molar-refractivity contribution >= 4 is 0 Å². The van der Waals surface area contributed by atoms with Crippen molar-refractivity contribution in [3.8, 4) is 5.75 Å². The molecule has 0 aromatic heterocycles. The first-order chi connectivity index (χ1) is 19.5. The summed E-state index contributed by atoms with van der Waals surface area (Å²) in [4.78, 5) is 0. The molecule has 2 nitrogen and oxygen atoms in total. The molecule has 0 heterocycles. The molecular formula is C32H43F7O2. The van der Waals surface area contributed by atoms with Crippen molar-refractivity contribution in [3.63, 3.8) is 0 Å². The molecule has 0 saturated heterocycles. The Labute approximate surface area is 239 Å². The van der Waals surface area contributed by atoms with E-state index in [1.54, 1.807) is 0 Å². The van der Waals surface area contributed by atoms with Crippen LogP contribution in [0.25, 0.3) is 0 Å². The standard InChI is InChI=1S/C32H43F7O2/c1-2-3-4-21-7-13-24(14-8-21)31(36,37)40-26-17-11-23(12-18-26)6-5-22-9-15-25(16-10-22)32(38,39)41-27-19-28(33)30(35)29(34)20-27/h5-6,19-26H,2-4,7-18H2,1H3. The van der Waals surface area contributed by atoms with Crippen LogP contribution in [0.5, 0.6) is 5.75 Å². The predicted octanol–water partition coefficient (Wildman–Crippen LogP) is 10.6. The first kappa shape index (κ1) is 32.2. The van der Waals surface area contributed by atoms with E-state index in [1.807, 2.05) is 0 Å². The minimum Gasteiger partial charge on any atom is -0.432 e. The molecule has 1 aromatic rings. The Balaban J connectivity index is 1.16. The van der Waals surface area contributed by atoms with Crippen molar-refractivity contribution in [1.82, 2.24) is 0 Å². The number of hydrogen-bond acceptors (Lipinski definition) is 2. The summed E-state index contributed by atoms with van der Waals surface area (Å²) in [6.45, 7) is 2.15. The topological polar surface area (TPSA) is 18.5 Å². The molecule has 4 rings (SSSR count). The van der Waals surface area contributed by atoms with Gasteiger partial charge in [-0.15, -0.1) is 0 Å². The second-order valence-corrected chi connectivity index (χ2v) is 12.4. The van der Waals surface area contributed by atoms with E-state index in [1.165, 1.54) is 0 Å². The maximum atomic E-state index is 14.9. The van der Waals surface area contributed by atoms with Crippen molar-refractivity contribution < 1.29 is 40.2 Å². The molecular weight excluding hydrogens is 549 g/mol. The summed E-state index contributed by atoms with van der Waals surface area (Å²) >= 11 is 0. The van der Waals surface area contributed by atoms with Crippen LogP contribution < -0.4 is 4.74 Å². The molecule has 3 saturated carbocycles. The summed E-state index contributed by atoms with van der Waals surface area (Å²) in [5.41, 5.74) is 0. The van der Waals surface area contributed by atoms with Gasteiger partial charge < -0.3 is 9.47 Å². The fraction of sp³-hybridized carbons (Fsp3) is 0.750. The number of benzene rings is 1. The average molecular weight is 593 g/mol. The Morgan fingerprint density at radius 1 is 0.707 bits per heavy atom. The second-order valence-electron chi connectivity index (χ2n) is 12.4. The Kier molecular flexibility index (Phi) is 11.1. The number of ether oxygens (including phenoxy) is 2. The Morgan fingerprint density at radius 2 is 1.20 bits per heavy atom. The van der Waals surface area contributed by atoms with Crippen molar-refractivity contribution in [1.29, 1.82) is 0 Å². The largest absolute Gasteiger partial charge is 0.432 e. The molecule has 3 aliphatic rings. The van der Waals surface area contributed by atoms with Gasteiger partial charge in [0.1, 0.15) is 5.75 Å². The third-order valence-corrected chi connectivity index (χ3v) is 9.44. The van der Waals surface area contributed by atoms with Crippen LogP contribution in [-0.2, 0) is 4.74 Å². The molecule has 0 spiro atoms. The minimum absolute atomic E-state index is 0.119. The lowest BCUT2D eigenvalue weighted by Gasteiger charge is -2.37. The number of unbranched alkanes of at least 4 members (excludes halogenated alkanes) is 1. The van der Waals surface area contributed by atoms with Gasteiger partial charge in [0.2, 0.25) is 0 Å². The number of alkyl halides is 4. The quantitative estimate of drug-likeness (QED) is 0.145. The molecule has 0 unspecified atom stereocenters. The van der Waals surface area contributed by atoms with E-state index in [-0.39, 0.29) is 24.7 Å². The first-order valence-corrected chi connectivity index (χ1v) is 15.4. The van der Waals surface area contributed by atoms with E-state index in [9.17, 15) is 30.7 Å². The van der Waals surface area contributed by atoms with E-state index >= 15 is 0 Å². The van der Waals surface area contributed by atoms with E-state index in [0.29, 0.717) is 56.6 Å². The molecule has 0 radical (unpaired) electrons. The highest BCUT2D eigenvalue weighted by atomic mass is 19.3. The highest BCUT2D eigenvalue weighted by Gasteiger charge is 2.45. The lowest BCUT2D eigenvalue weighted by Crippen LogP contribution is -2.39. The van der Waals surface area contributed by atoms with Gasteiger partial charge >= 0.3 is 12.2 Å². The van der Waals surface area contributed by atoms with Crippen LogP contribution in [0.2, 0.25) is 0 Å². The zero-order valence-electron chi connectivity index (χ0n) is 23.8. The maximum absolute atomic E-state index is 14.9. The summed E-state index contributed by atoms with van der Waals surface area (Å²) < 4.78 is 109. The van der Waals surface area contributed by atoms with Gasteiger partial charge in [-0.05, 0) is 94.8 Å². The number of allylic oxidation sites excluding steroid dienone is 2. The van der Waals surface area contributed by atoms with Crippen LogP contribution in [0.15, 0.2) is 24.3 Å². The molecule has 0 amide bonds. The lowest BCUT2D eigenvalue weighted by molar-refractivity contribution is -0.301. The highest BCUT2D eigenvalue weighted by molar-refractivity contribution is 5.25. The molecule has 0 N–H and O–H groups in total. The summed E-state index contributed by atoms with van der Waals surface area (Å²) in [6, 6.07) is 0.836. The summed E-state index contributed by atoms with van der Waals surface area (Å²) in [5.74, 6) is -6.52. The van der Waals surface area contributed by atoms with Crippen LogP contribution in [0.1, 0.15) is 103 Å². The molecule has 232 valence electrons. The Bertz CT molecular complexity index is 967. The molecule has 9 heteroatoms. The summed E-state index contributed by atoms with van der Waals surface area (Å²) in [7, 11) is 0. The number of halogens is 7. The number of hydrogen-bond donors (Lipinski definition) is 0. The van der Waals surface area contributed by atoms with Crippen molar-refractivity contribution in [2.24, 2.45) is 29.6 Å². The van der Waals surface area contributed by atoms with Crippen LogP contribution in [-0.4, -0.2) is 18.3 Å². The van der Waals surface area contributed by atoms with Gasteiger partial charge in [-0.25, -0.2) is 13.2 Å². The van der Waals surface area contributed by atoms with Crippen LogP contribution in [0.4, 0.5) is 30.7 Å². The Morgan fingerprint density at radius 3 is 1.73 bits per heavy atom. The molecule has 1 aromatic carbocycles. The SMILES string of the molecule is CCCCC1CCC(C(F)(F)OC2CCC(C=CC3CCC(C(F)(F)Oc4cc(F)c(F)c(F)c4)CC3)CC2)CC1. The van der Waals surface area contributed by atoms with Gasteiger partial charge in [-0.3, -0.25) is 0 Å². The number of rotatable bonds is 11. The monoisotopic (exact) mass is 592 g/mol. The van der Waals surface area contributed by atoms with E-state index < -0.39 is 53.4 Å². The van der Waals surface area contributed by atoms with Crippen molar-refractivity contribution in [2.75, 3.05) is 0 Å². The Hall–Kier alpha value is -1.77. The molecule has 0 bridgehead atoms. The maximum Gasteiger partial charge on any atom is 0.400 e. The normalized spacial score (nSPS) is 30.0. The summed E-state index contributed by atoms with van der Waals surface area (Å²) in [6.07, 6.45) is 7.26. The zero-order chi connectivity index (χ0) is 29.6. The molecule has 41 heavy (non-hydrogen) atoms. The van der Waals surface area contributed by atoms with Gasteiger partial charge in [0.25, 0.3) is 0 Å². The van der Waals surface area contributed by atoms with E-state index in [4.69, 9.17) is 4.74 Å². The van der Waals surface area contributed by atoms with Crippen LogP contribution in [0, 0.1) is 47.0 Å². The van der Waals surface area contributed by atoms with Crippen molar-refractivity contribution in [2.45, 2.75) is 122 Å². The third-order valence-electron chi connectivity index (χ3n) is 9.44. The molecule has 0 atom stereocenters. The zero-order valence-corrected chi connectivity index (χ0v) is 23.8. The van der Waals surface area contributed by atoms with Gasteiger partial charge in [0.05, 0.1) is 17.9 Å². The minimum atomic E-state index is -3.64. The molecule has 3 aliphatic carbocycles. The summed E-state index contributed by atoms with van der Waals surface area (Å²) in [5, 5.41) is 0. The molecule has 3 fully saturated rings. The fourth-order valence-electron chi connectivity index (χ4n) is 6.79. The first-order valence-electron chi connectivity index (χ1n) is 15.4.